The van der Waals surface area contributed by atoms with Crippen molar-refractivity contribution in [3.05, 3.63) is 23.9 Å². The molecule has 0 radical (unpaired) electrons. The fourth-order valence-electron chi connectivity index (χ4n) is 1.44. The average Bonchev–Trinajstić information content (AvgIpc) is 2.66. The Bertz CT molecular complexity index is 422. The molecular formula is C9H13N5. The van der Waals surface area contributed by atoms with Crippen molar-refractivity contribution in [2.75, 3.05) is 6.54 Å². The van der Waals surface area contributed by atoms with Gasteiger partial charge in [-0.3, -0.25) is 0 Å². The van der Waals surface area contributed by atoms with Gasteiger partial charge in [0.15, 0.2) is 5.65 Å². The van der Waals surface area contributed by atoms with Crippen molar-refractivity contribution in [1.82, 2.24) is 20.0 Å². The summed E-state index contributed by atoms with van der Waals surface area (Å²) < 4.78 is 1.68. The molecule has 2 rings (SSSR count). The lowest BCUT2D eigenvalue weighted by Gasteiger charge is -2.07. The van der Waals surface area contributed by atoms with Crippen molar-refractivity contribution in [2.45, 2.75) is 13.3 Å². The summed E-state index contributed by atoms with van der Waals surface area (Å²) in [5, 5.41) is 11.4. The molecule has 0 fully saturated rings. The maximum atomic E-state index is 5.58. The molecule has 0 saturated heterocycles. The number of hydrogen-bond donors (Lipinski definition) is 1. The molecule has 0 spiro atoms. The summed E-state index contributed by atoms with van der Waals surface area (Å²) >= 11 is 0. The predicted molar refractivity (Wildman–Crippen MR) is 52.7 cm³/mol. The van der Waals surface area contributed by atoms with Gasteiger partial charge >= 0.3 is 0 Å². The molecule has 2 aromatic heterocycles. The topological polar surface area (TPSA) is 69.1 Å². The highest BCUT2D eigenvalue weighted by molar-refractivity contribution is 5.45. The Balaban J connectivity index is 2.36. The quantitative estimate of drug-likeness (QED) is 0.755. The first-order chi connectivity index (χ1) is 6.81. The molecule has 0 bridgehead atoms. The summed E-state index contributed by atoms with van der Waals surface area (Å²) in [6, 6.07) is 3.99. The van der Waals surface area contributed by atoms with Crippen LogP contribution in [0.4, 0.5) is 0 Å². The zero-order valence-electron chi connectivity index (χ0n) is 8.09. The third-order valence-electron chi connectivity index (χ3n) is 2.28. The zero-order valence-corrected chi connectivity index (χ0v) is 8.09. The summed E-state index contributed by atoms with van der Waals surface area (Å²) in [4.78, 5) is 0. The number of nitrogens with two attached hydrogens (primary N) is 1. The molecule has 5 nitrogen and oxygen atoms in total. The van der Waals surface area contributed by atoms with Gasteiger partial charge in [-0.05, 0) is 40.9 Å². The highest BCUT2D eigenvalue weighted by Gasteiger charge is 2.07. The molecule has 2 N–H and O–H groups in total. The van der Waals surface area contributed by atoms with Crippen LogP contribution in [0.15, 0.2) is 18.3 Å². The number of aromatic nitrogens is 4. The van der Waals surface area contributed by atoms with E-state index in [2.05, 4.69) is 22.4 Å². The molecule has 14 heavy (non-hydrogen) atoms. The standard InChI is InChI=1S/C9H13N5/c1-7(6-10)5-8-3-2-4-14-9(8)11-12-13-14/h2-4,7H,5-6,10H2,1H3. The van der Waals surface area contributed by atoms with Gasteiger partial charge in [0.05, 0.1) is 0 Å². The smallest absolute Gasteiger partial charge is 0.182 e. The van der Waals surface area contributed by atoms with Crippen LogP contribution in [0.3, 0.4) is 0 Å². The van der Waals surface area contributed by atoms with Gasteiger partial charge in [-0.15, -0.1) is 5.10 Å². The number of pyridine rings is 1. The minimum absolute atomic E-state index is 0.456. The first kappa shape index (κ1) is 9.08. The number of nitrogens with zero attached hydrogens (tertiary/aromatic N) is 4. The normalized spacial score (nSPS) is 13.3. The van der Waals surface area contributed by atoms with E-state index < -0.39 is 0 Å². The molecule has 0 aromatic carbocycles. The predicted octanol–water partition coefficient (Wildman–Crippen LogP) is 0.262. The van der Waals surface area contributed by atoms with Crippen molar-refractivity contribution >= 4 is 5.65 Å². The van der Waals surface area contributed by atoms with Crippen molar-refractivity contribution in [3.8, 4) is 0 Å². The number of rotatable bonds is 3. The monoisotopic (exact) mass is 191 g/mol. The van der Waals surface area contributed by atoms with Crippen molar-refractivity contribution in [3.63, 3.8) is 0 Å². The second kappa shape index (κ2) is 3.71. The molecular weight excluding hydrogens is 178 g/mol. The second-order valence-electron chi connectivity index (χ2n) is 3.53. The van der Waals surface area contributed by atoms with Crippen LogP contribution >= 0.6 is 0 Å². The summed E-state index contributed by atoms with van der Waals surface area (Å²) in [7, 11) is 0. The number of tetrazole rings is 1. The van der Waals surface area contributed by atoms with Gasteiger partial charge in [-0.2, -0.15) is 0 Å². The number of fused-ring (bicyclic) bond motifs is 1. The third kappa shape index (κ3) is 1.58. The van der Waals surface area contributed by atoms with Gasteiger partial charge in [0.2, 0.25) is 0 Å². The Kier molecular flexibility index (Phi) is 2.41. The molecule has 0 saturated carbocycles. The fourth-order valence-corrected chi connectivity index (χ4v) is 1.44. The van der Waals surface area contributed by atoms with E-state index >= 15 is 0 Å². The van der Waals surface area contributed by atoms with Gasteiger partial charge in [0, 0.05) is 6.20 Å². The highest BCUT2D eigenvalue weighted by Crippen LogP contribution is 2.11. The fraction of sp³-hybridized carbons (Fsp3) is 0.444. The Labute approximate surface area is 81.9 Å². The van der Waals surface area contributed by atoms with Crippen LogP contribution in [0, 0.1) is 5.92 Å². The van der Waals surface area contributed by atoms with E-state index in [1.54, 1.807) is 4.52 Å². The summed E-state index contributed by atoms with van der Waals surface area (Å²) in [6.07, 6.45) is 2.76. The second-order valence-corrected chi connectivity index (χ2v) is 3.53. The minimum Gasteiger partial charge on any atom is -0.330 e. The largest absolute Gasteiger partial charge is 0.330 e. The summed E-state index contributed by atoms with van der Waals surface area (Å²) in [5.41, 5.74) is 7.56. The van der Waals surface area contributed by atoms with Gasteiger partial charge in [0.1, 0.15) is 0 Å². The molecule has 1 atom stereocenters. The Hall–Kier alpha value is -1.49. The average molecular weight is 191 g/mol. The highest BCUT2D eigenvalue weighted by atomic mass is 15.5. The molecule has 74 valence electrons. The van der Waals surface area contributed by atoms with Crippen LogP contribution in [0.1, 0.15) is 12.5 Å². The Morgan fingerprint density at radius 1 is 1.57 bits per heavy atom. The van der Waals surface area contributed by atoms with Gasteiger partial charge in [-0.25, -0.2) is 4.52 Å². The van der Waals surface area contributed by atoms with Crippen molar-refractivity contribution < 1.29 is 0 Å². The molecule has 2 aromatic rings. The van der Waals surface area contributed by atoms with E-state index in [1.807, 2.05) is 18.3 Å². The van der Waals surface area contributed by atoms with Gasteiger partial charge < -0.3 is 5.73 Å². The molecule has 0 aliphatic carbocycles. The molecule has 1 unspecified atom stereocenters. The minimum atomic E-state index is 0.456. The van der Waals surface area contributed by atoms with Gasteiger partial charge in [-0.1, -0.05) is 13.0 Å². The molecule has 0 aliphatic rings. The summed E-state index contributed by atoms with van der Waals surface area (Å²) in [5.74, 6) is 0.456. The van der Waals surface area contributed by atoms with Gasteiger partial charge in [0.25, 0.3) is 0 Å². The van der Waals surface area contributed by atoms with Crippen LogP contribution in [0.25, 0.3) is 5.65 Å². The van der Waals surface area contributed by atoms with E-state index in [9.17, 15) is 0 Å². The van der Waals surface area contributed by atoms with Crippen LogP contribution in [0.5, 0.6) is 0 Å². The first-order valence-electron chi connectivity index (χ1n) is 4.67. The Morgan fingerprint density at radius 2 is 2.43 bits per heavy atom. The van der Waals surface area contributed by atoms with Crippen molar-refractivity contribution in [1.29, 1.82) is 0 Å². The van der Waals surface area contributed by atoms with Crippen LogP contribution in [0.2, 0.25) is 0 Å². The number of hydrogen-bond acceptors (Lipinski definition) is 4. The lowest BCUT2D eigenvalue weighted by atomic mass is 10.0. The Morgan fingerprint density at radius 3 is 3.21 bits per heavy atom. The lowest BCUT2D eigenvalue weighted by molar-refractivity contribution is 0.593. The van der Waals surface area contributed by atoms with Crippen LogP contribution in [-0.2, 0) is 6.42 Å². The molecule has 2 heterocycles. The summed E-state index contributed by atoms with van der Waals surface area (Å²) in [6.45, 7) is 2.80. The third-order valence-corrected chi connectivity index (χ3v) is 2.28. The van der Waals surface area contributed by atoms with E-state index in [4.69, 9.17) is 5.73 Å². The molecule has 5 heteroatoms. The molecule has 0 aliphatic heterocycles. The van der Waals surface area contributed by atoms with Crippen molar-refractivity contribution in [2.24, 2.45) is 11.7 Å². The van der Waals surface area contributed by atoms with Crippen LogP contribution in [-0.4, -0.2) is 26.6 Å². The van der Waals surface area contributed by atoms with Crippen LogP contribution < -0.4 is 5.73 Å². The van der Waals surface area contributed by atoms with E-state index in [0.29, 0.717) is 12.5 Å². The van der Waals surface area contributed by atoms with E-state index in [1.165, 1.54) is 0 Å². The molecule has 0 amide bonds. The maximum absolute atomic E-state index is 5.58. The maximum Gasteiger partial charge on any atom is 0.182 e. The van der Waals surface area contributed by atoms with E-state index in [-0.39, 0.29) is 0 Å². The zero-order chi connectivity index (χ0) is 9.97. The lowest BCUT2D eigenvalue weighted by Crippen LogP contribution is -2.13. The first-order valence-corrected chi connectivity index (χ1v) is 4.67. The SMILES string of the molecule is CC(CN)Cc1cccn2nnnc12. The van der Waals surface area contributed by atoms with E-state index in [0.717, 1.165) is 17.6 Å².